The van der Waals surface area contributed by atoms with Crippen molar-refractivity contribution in [3.8, 4) is 0 Å². The minimum absolute atomic E-state index is 0.275. The average Bonchev–Trinajstić information content (AvgIpc) is 2.18. The van der Waals surface area contributed by atoms with E-state index in [2.05, 4.69) is 34.3 Å². The van der Waals surface area contributed by atoms with Gasteiger partial charge in [0.1, 0.15) is 6.33 Å². The number of likely N-dealkylation sites (N-methyl/N-ethyl adjacent to an activating group) is 1. The van der Waals surface area contributed by atoms with Gasteiger partial charge in [0.2, 0.25) is 0 Å². The normalized spacial score (nSPS) is 18.2. The van der Waals surface area contributed by atoms with Gasteiger partial charge in [0, 0.05) is 12.1 Å². The number of hydrogen-bond donors (Lipinski definition) is 2. The molecule has 5 heteroatoms. The third-order valence-corrected chi connectivity index (χ3v) is 3.56. The first-order valence-electron chi connectivity index (χ1n) is 5.61. The van der Waals surface area contributed by atoms with Crippen LogP contribution in [0.4, 0.5) is 11.5 Å². The van der Waals surface area contributed by atoms with Crippen molar-refractivity contribution in [2.24, 2.45) is 0 Å². The quantitative estimate of drug-likeness (QED) is 0.792. The Kier molecular flexibility index (Phi) is 2.96. The van der Waals surface area contributed by atoms with Gasteiger partial charge in [-0.25, -0.2) is 9.97 Å². The van der Waals surface area contributed by atoms with Crippen LogP contribution in [0, 0.1) is 0 Å². The molecule has 1 heterocycles. The Hall–Kier alpha value is -1.36. The van der Waals surface area contributed by atoms with E-state index in [1.54, 1.807) is 6.20 Å². The Morgan fingerprint density at radius 1 is 1.50 bits per heavy atom. The lowest BCUT2D eigenvalue weighted by atomic mass is 9.75. The summed E-state index contributed by atoms with van der Waals surface area (Å²) in [5.74, 6) is 0.739. The Labute approximate surface area is 96.1 Å². The van der Waals surface area contributed by atoms with Crippen LogP contribution in [0.3, 0.4) is 0 Å². The van der Waals surface area contributed by atoms with Crippen LogP contribution in [0.15, 0.2) is 12.5 Å². The molecule has 1 aromatic heterocycles. The zero-order valence-corrected chi connectivity index (χ0v) is 9.90. The van der Waals surface area contributed by atoms with Gasteiger partial charge in [0.15, 0.2) is 5.82 Å². The lowest BCUT2D eigenvalue weighted by molar-refractivity contribution is 0.0738. The molecule has 5 nitrogen and oxygen atoms in total. The average molecular weight is 221 g/mol. The van der Waals surface area contributed by atoms with Gasteiger partial charge in [0.25, 0.3) is 0 Å². The van der Waals surface area contributed by atoms with Gasteiger partial charge < -0.3 is 16.0 Å². The molecule has 1 saturated carbocycles. The second kappa shape index (κ2) is 4.25. The molecule has 0 saturated heterocycles. The van der Waals surface area contributed by atoms with Crippen molar-refractivity contribution in [3.63, 3.8) is 0 Å². The maximum absolute atomic E-state index is 5.78. The third-order valence-electron chi connectivity index (χ3n) is 3.56. The summed E-state index contributed by atoms with van der Waals surface area (Å²) >= 11 is 0. The molecule has 88 valence electrons. The molecular formula is C11H19N5. The first-order valence-corrected chi connectivity index (χ1v) is 5.61. The van der Waals surface area contributed by atoms with E-state index in [0.717, 1.165) is 12.4 Å². The van der Waals surface area contributed by atoms with E-state index < -0.39 is 0 Å². The molecule has 16 heavy (non-hydrogen) atoms. The SMILES string of the molecule is CN(C)C1(CNc2ncncc2N)CCC1. The summed E-state index contributed by atoms with van der Waals surface area (Å²) in [7, 11) is 4.26. The number of nitrogens with zero attached hydrogens (tertiary/aromatic N) is 3. The van der Waals surface area contributed by atoms with Gasteiger partial charge in [-0.1, -0.05) is 0 Å². The monoisotopic (exact) mass is 221 g/mol. The Morgan fingerprint density at radius 3 is 2.75 bits per heavy atom. The maximum Gasteiger partial charge on any atom is 0.152 e. The second-order valence-electron chi connectivity index (χ2n) is 4.65. The lowest BCUT2D eigenvalue weighted by Crippen LogP contribution is -2.54. The Balaban J connectivity index is 1.99. The predicted molar refractivity (Wildman–Crippen MR) is 65.2 cm³/mol. The van der Waals surface area contributed by atoms with Crippen molar-refractivity contribution in [1.82, 2.24) is 14.9 Å². The molecule has 3 N–H and O–H groups in total. The Bertz CT molecular complexity index is 359. The molecule has 1 aromatic rings. The van der Waals surface area contributed by atoms with Crippen molar-refractivity contribution in [1.29, 1.82) is 0 Å². The predicted octanol–water partition coefficient (Wildman–Crippen LogP) is 0.955. The molecule has 0 amide bonds. The number of aromatic nitrogens is 2. The van der Waals surface area contributed by atoms with E-state index in [1.165, 1.54) is 25.6 Å². The molecule has 0 spiro atoms. The van der Waals surface area contributed by atoms with E-state index in [9.17, 15) is 0 Å². The van der Waals surface area contributed by atoms with Crippen LogP contribution >= 0.6 is 0 Å². The topological polar surface area (TPSA) is 67.1 Å². The first kappa shape index (κ1) is 11.1. The van der Waals surface area contributed by atoms with E-state index in [0.29, 0.717) is 5.69 Å². The van der Waals surface area contributed by atoms with Crippen molar-refractivity contribution < 1.29 is 0 Å². The fourth-order valence-corrected chi connectivity index (χ4v) is 2.10. The molecule has 1 aliphatic rings. The summed E-state index contributed by atoms with van der Waals surface area (Å²) in [5.41, 5.74) is 6.67. The fourth-order valence-electron chi connectivity index (χ4n) is 2.10. The van der Waals surface area contributed by atoms with Gasteiger partial charge in [-0.05, 0) is 33.4 Å². The van der Waals surface area contributed by atoms with Gasteiger partial charge in [-0.15, -0.1) is 0 Å². The van der Waals surface area contributed by atoms with E-state index in [1.807, 2.05) is 0 Å². The molecule has 2 rings (SSSR count). The molecule has 0 bridgehead atoms. The third kappa shape index (κ3) is 1.95. The van der Waals surface area contributed by atoms with Crippen LogP contribution in [0.2, 0.25) is 0 Å². The zero-order chi connectivity index (χ0) is 11.6. The molecule has 1 aliphatic carbocycles. The summed E-state index contributed by atoms with van der Waals surface area (Å²) in [4.78, 5) is 10.3. The van der Waals surface area contributed by atoms with Crippen LogP contribution in [-0.4, -0.2) is 41.0 Å². The van der Waals surface area contributed by atoms with Gasteiger partial charge in [-0.2, -0.15) is 0 Å². The summed E-state index contributed by atoms with van der Waals surface area (Å²) < 4.78 is 0. The summed E-state index contributed by atoms with van der Waals surface area (Å²) in [5, 5.41) is 3.32. The van der Waals surface area contributed by atoms with Crippen LogP contribution in [0.5, 0.6) is 0 Å². The van der Waals surface area contributed by atoms with Gasteiger partial charge >= 0.3 is 0 Å². The maximum atomic E-state index is 5.78. The Morgan fingerprint density at radius 2 is 2.25 bits per heavy atom. The highest BCUT2D eigenvalue weighted by Crippen LogP contribution is 2.36. The van der Waals surface area contributed by atoms with Crippen LogP contribution in [0.1, 0.15) is 19.3 Å². The summed E-state index contributed by atoms with van der Waals surface area (Å²) in [6.07, 6.45) is 6.91. The lowest BCUT2D eigenvalue weighted by Gasteiger charge is -2.47. The molecule has 0 atom stereocenters. The highest BCUT2D eigenvalue weighted by molar-refractivity contribution is 5.59. The first-order chi connectivity index (χ1) is 7.64. The van der Waals surface area contributed by atoms with E-state index >= 15 is 0 Å². The summed E-state index contributed by atoms with van der Waals surface area (Å²) in [6, 6.07) is 0. The summed E-state index contributed by atoms with van der Waals surface area (Å²) in [6.45, 7) is 0.890. The number of nitrogens with two attached hydrogens (primary N) is 1. The smallest absolute Gasteiger partial charge is 0.152 e. The molecular weight excluding hydrogens is 202 g/mol. The van der Waals surface area contributed by atoms with Crippen molar-refractivity contribution in [2.75, 3.05) is 31.7 Å². The van der Waals surface area contributed by atoms with Gasteiger partial charge in [0.05, 0.1) is 11.9 Å². The fraction of sp³-hybridized carbons (Fsp3) is 0.636. The zero-order valence-electron chi connectivity index (χ0n) is 9.90. The van der Waals surface area contributed by atoms with E-state index in [-0.39, 0.29) is 5.54 Å². The largest absolute Gasteiger partial charge is 0.394 e. The minimum atomic E-state index is 0.275. The van der Waals surface area contributed by atoms with Crippen LogP contribution in [0.25, 0.3) is 0 Å². The molecule has 0 aliphatic heterocycles. The standard InChI is InChI=1S/C11H19N5/c1-16(2)11(4-3-5-11)7-14-10-9(12)6-13-8-15-10/h6,8H,3-5,7,12H2,1-2H3,(H,13,14,15). The van der Waals surface area contributed by atoms with E-state index in [4.69, 9.17) is 5.73 Å². The number of hydrogen-bond acceptors (Lipinski definition) is 5. The molecule has 0 radical (unpaired) electrons. The number of nitrogen functional groups attached to an aromatic ring is 1. The van der Waals surface area contributed by atoms with Gasteiger partial charge in [-0.3, -0.25) is 0 Å². The minimum Gasteiger partial charge on any atom is -0.394 e. The van der Waals surface area contributed by atoms with Crippen molar-refractivity contribution in [2.45, 2.75) is 24.8 Å². The highest BCUT2D eigenvalue weighted by Gasteiger charge is 2.38. The number of anilines is 2. The number of nitrogens with one attached hydrogen (secondary N) is 1. The van der Waals surface area contributed by atoms with Crippen LogP contribution in [-0.2, 0) is 0 Å². The number of rotatable bonds is 4. The molecule has 0 unspecified atom stereocenters. The highest BCUT2D eigenvalue weighted by atomic mass is 15.2. The molecule has 1 fully saturated rings. The second-order valence-corrected chi connectivity index (χ2v) is 4.65. The molecule has 0 aromatic carbocycles. The van der Waals surface area contributed by atoms with Crippen LogP contribution < -0.4 is 11.1 Å². The van der Waals surface area contributed by atoms with Crippen molar-refractivity contribution in [3.05, 3.63) is 12.5 Å². The van der Waals surface area contributed by atoms with Crippen molar-refractivity contribution >= 4 is 11.5 Å².